The fourth-order valence-corrected chi connectivity index (χ4v) is 6.29. The standard InChI is InChI=1S/C20H33N5O2S2/c1-21-20(22-9-15-29(26,27)25-11-13-28-14-12-25)23-19-8-5-10-24(17-19)16-18-6-3-2-4-7-18/h2-4,6-7,19H,5,8-17H2,1H3,(H2,21,22,23). The van der Waals surface area contributed by atoms with Gasteiger partial charge in [-0.25, -0.2) is 12.7 Å². The van der Waals surface area contributed by atoms with Crippen LogP contribution in [0.15, 0.2) is 35.3 Å². The number of nitrogens with one attached hydrogen (secondary N) is 2. The van der Waals surface area contributed by atoms with E-state index in [1.54, 1.807) is 11.4 Å². The van der Waals surface area contributed by atoms with Gasteiger partial charge in [0.25, 0.3) is 0 Å². The SMILES string of the molecule is CN=C(NCCS(=O)(=O)N1CCSCC1)NC1CCCN(Cc2ccccc2)C1. The van der Waals surface area contributed by atoms with Crippen molar-refractivity contribution < 1.29 is 8.42 Å². The summed E-state index contributed by atoms with van der Waals surface area (Å²) in [5, 5.41) is 6.66. The second kappa shape index (κ2) is 11.2. The zero-order chi connectivity index (χ0) is 20.5. The maximum absolute atomic E-state index is 12.5. The van der Waals surface area contributed by atoms with Gasteiger partial charge in [0.05, 0.1) is 5.75 Å². The summed E-state index contributed by atoms with van der Waals surface area (Å²) in [5.41, 5.74) is 1.33. The molecule has 0 aromatic heterocycles. The van der Waals surface area contributed by atoms with E-state index in [-0.39, 0.29) is 5.75 Å². The van der Waals surface area contributed by atoms with Crippen LogP contribution in [0.3, 0.4) is 0 Å². The molecule has 2 saturated heterocycles. The topological polar surface area (TPSA) is 77.0 Å². The Labute approximate surface area is 179 Å². The molecule has 0 saturated carbocycles. The lowest BCUT2D eigenvalue weighted by Crippen LogP contribution is -2.51. The van der Waals surface area contributed by atoms with E-state index in [0.717, 1.165) is 44.0 Å². The Hall–Kier alpha value is -1.29. The first-order valence-corrected chi connectivity index (χ1v) is 13.1. The molecule has 0 bridgehead atoms. The van der Waals surface area contributed by atoms with Crippen molar-refractivity contribution in [3.63, 3.8) is 0 Å². The molecule has 2 fully saturated rings. The Bertz CT molecular complexity index is 751. The molecule has 2 aliphatic rings. The molecule has 1 aromatic carbocycles. The van der Waals surface area contributed by atoms with Crippen molar-refractivity contribution in [1.82, 2.24) is 19.8 Å². The summed E-state index contributed by atoms with van der Waals surface area (Å²) in [6, 6.07) is 10.9. The Balaban J connectivity index is 1.43. The van der Waals surface area contributed by atoms with Gasteiger partial charge in [0.15, 0.2) is 5.96 Å². The third kappa shape index (κ3) is 7.16. The number of sulfonamides is 1. The molecule has 9 heteroatoms. The van der Waals surface area contributed by atoms with Crippen LogP contribution >= 0.6 is 11.8 Å². The summed E-state index contributed by atoms with van der Waals surface area (Å²) in [5.74, 6) is 2.55. The number of thioether (sulfide) groups is 1. The third-order valence-corrected chi connectivity index (χ3v) is 8.15. The van der Waals surface area contributed by atoms with Crippen LogP contribution in [0, 0.1) is 0 Å². The number of hydrogen-bond donors (Lipinski definition) is 2. The summed E-state index contributed by atoms with van der Waals surface area (Å²) in [7, 11) is -1.46. The lowest BCUT2D eigenvalue weighted by atomic mass is 10.0. The normalized spacial score (nSPS) is 22.4. The fourth-order valence-electron chi connectivity index (χ4n) is 3.80. The van der Waals surface area contributed by atoms with Gasteiger partial charge in [0.2, 0.25) is 10.0 Å². The van der Waals surface area contributed by atoms with Crippen LogP contribution in [0.1, 0.15) is 18.4 Å². The molecule has 2 N–H and O–H groups in total. The zero-order valence-electron chi connectivity index (χ0n) is 17.2. The Morgan fingerprint density at radius 1 is 1.21 bits per heavy atom. The predicted octanol–water partition coefficient (Wildman–Crippen LogP) is 1.19. The van der Waals surface area contributed by atoms with Gasteiger partial charge in [-0.2, -0.15) is 11.8 Å². The van der Waals surface area contributed by atoms with Crippen molar-refractivity contribution in [1.29, 1.82) is 0 Å². The minimum Gasteiger partial charge on any atom is -0.355 e. The van der Waals surface area contributed by atoms with Gasteiger partial charge >= 0.3 is 0 Å². The molecule has 0 spiro atoms. The van der Waals surface area contributed by atoms with Crippen LogP contribution in [0.5, 0.6) is 0 Å². The van der Waals surface area contributed by atoms with Gasteiger partial charge in [-0.3, -0.25) is 9.89 Å². The maximum atomic E-state index is 12.5. The number of guanidine groups is 1. The van der Waals surface area contributed by atoms with E-state index in [4.69, 9.17) is 0 Å². The van der Waals surface area contributed by atoms with Crippen molar-refractivity contribution in [2.75, 3.05) is 57.0 Å². The zero-order valence-corrected chi connectivity index (χ0v) is 18.8. The van der Waals surface area contributed by atoms with Gasteiger partial charge in [-0.1, -0.05) is 30.3 Å². The Morgan fingerprint density at radius 2 is 1.97 bits per heavy atom. The molecule has 2 aliphatic heterocycles. The molecule has 1 atom stereocenters. The molecule has 1 aromatic rings. The highest BCUT2D eigenvalue weighted by Gasteiger charge is 2.24. The van der Waals surface area contributed by atoms with Crippen molar-refractivity contribution in [2.45, 2.75) is 25.4 Å². The predicted molar refractivity (Wildman–Crippen MR) is 122 cm³/mol. The van der Waals surface area contributed by atoms with E-state index in [9.17, 15) is 8.42 Å². The summed E-state index contributed by atoms with van der Waals surface area (Å²) in [6.07, 6.45) is 2.23. The molecule has 29 heavy (non-hydrogen) atoms. The summed E-state index contributed by atoms with van der Waals surface area (Å²) in [6.45, 7) is 4.63. The largest absolute Gasteiger partial charge is 0.355 e. The first-order valence-electron chi connectivity index (χ1n) is 10.4. The van der Waals surface area contributed by atoms with Crippen LogP contribution in [0.4, 0.5) is 0 Å². The van der Waals surface area contributed by atoms with Crippen LogP contribution in [0.2, 0.25) is 0 Å². The number of hydrogen-bond acceptors (Lipinski definition) is 5. The molecule has 1 unspecified atom stereocenters. The van der Waals surface area contributed by atoms with Gasteiger partial charge in [-0.15, -0.1) is 0 Å². The van der Waals surface area contributed by atoms with E-state index < -0.39 is 10.0 Å². The lowest BCUT2D eigenvalue weighted by Gasteiger charge is -2.34. The molecular formula is C20H33N5O2S2. The van der Waals surface area contributed by atoms with Gasteiger partial charge in [0, 0.05) is 57.3 Å². The van der Waals surface area contributed by atoms with Gasteiger partial charge in [-0.05, 0) is 24.9 Å². The molecule has 0 radical (unpaired) electrons. The van der Waals surface area contributed by atoms with Crippen LogP contribution in [-0.2, 0) is 16.6 Å². The highest BCUT2D eigenvalue weighted by atomic mass is 32.2. The van der Waals surface area contributed by atoms with E-state index in [0.29, 0.717) is 31.6 Å². The minimum absolute atomic E-state index is 0.100. The molecule has 162 valence electrons. The Morgan fingerprint density at radius 3 is 2.69 bits per heavy atom. The number of benzene rings is 1. The smallest absolute Gasteiger partial charge is 0.215 e. The maximum Gasteiger partial charge on any atom is 0.215 e. The second-order valence-corrected chi connectivity index (χ2v) is 10.8. The number of rotatable bonds is 7. The van der Waals surface area contributed by atoms with Crippen molar-refractivity contribution >= 4 is 27.7 Å². The summed E-state index contributed by atoms with van der Waals surface area (Å²) >= 11 is 1.81. The van der Waals surface area contributed by atoms with Crippen molar-refractivity contribution in [3.05, 3.63) is 35.9 Å². The van der Waals surface area contributed by atoms with Crippen LogP contribution < -0.4 is 10.6 Å². The molecule has 7 nitrogen and oxygen atoms in total. The fraction of sp³-hybridized carbons (Fsp3) is 0.650. The number of likely N-dealkylation sites (tertiary alicyclic amines) is 1. The monoisotopic (exact) mass is 439 g/mol. The molecular weight excluding hydrogens is 406 g/mol. The van der Waals surface area contributed by atoms with E-state index in [1.807, 2.05) is 17.8 Å². The highest BCUT2D eigenvalue weighted by Crippen LogP contribution is 2.14. The quantitative estimate of drug-likeness (QED) is 0.491. The van der Waals surface area contributed by atoms with Crippen LogP contribution in [0.25, 0.3) is 0 Å². The first kappa shape index (κ1) is 22.4. The molecule has 3 rings (SSSR count). The number of nitrogens with zero attached hydrogens (tertiary/aromatic N) is 3. The molecule has 0 amide bonds. The second-order valence-electron chi connectivity index (χ2n) is 7.53. The minimum atomic E-state index is -3.20. The molecule has 2 heterocycles. The average molecular weight is 440 g/mol. The number of piperidine rings is 1. The van der Waals surface area contributed by atoms with E-state index in [1.165, 1.54) is 5.56 Å². The number of aliphatic imine (C=N–C) groups is 1. The first-order chi connectivity index (χ1) is 14.1. The average Bonchev–Trinajstić information content (AvgIpc) is 2.74. The summed E-state index contributed by atoms with van der Waals surface area (Å²) < 4.78 is 26.6. The van der Waals surface area contributed by atoms with Crippen molar-refractivity contribution in [2.24, 2.45) is 4.99 Å². The van der Waals surface area contributed by atoms with Crippen molar-refractivity contribution in [3.8, 4) is 0 Å². The molecule has 0 aliphatic carbocycles. The van der Waals surface area contributed by atoms with Crippen LogP contribution in [-0.4, -0.2) is 86.7 Å². The van der Waals surface area contributed by atoms with Gasteiger partial charge < -0.3 is 10.6 Å². The van der Waals surface area contributed by atoms with E-state index in [2.05, 4.69) is 44.8 Å². The van der Waals surface area contributed by atoms with E-state index >= 15 is 0 Å². The van der Waals surface area contributed by atoms with Gasteiger partial charge in [0.1, 0.15) is 0 Å². The highest BCUT2D eigenvalue weighted by molar-refractivity contribution is 7.99. The Kier molecular flexibility index (Phi) is 8.65. The summed E-state index contributed by atoms with van der Waals surface area (Å²) in [4.78, 5) is 6.75. The third-order valence-electron chi connectivity index (χ3n) is 5.33. The lowest BCUT2D eigenvalue weighted by molar-refractivity contribution is 0.192.